The fraction of sp³-hybridized carbons (Fsp3) is 0.737. The predicted octanol–water partition coefficient (Wildman–Crippen LogP) is 4.54. The quantitative estimate of drug-likeness (QED) is 0.631. The Morgan fingerprint density at radius 1 is 1.30 bits per heavy atom. The number of fused-ring (bicyclic) bond motifs is 5. The van der Waals surface area contributed by atoms with Gasteiger partial charge in [0, 0.05) is 6.42 Å². The van der Waals surface area contributed by atoms with Crippen molar-refractivity contribution in [1.82, 2.24) is 0 Å². The predicted molar refractivity (Wildman–Crippen MR) is 81.2 cm³/mol. The Morgan fingerprint density at radius 3 is 3.00 bits per heavy atom. The van der Waals surface area contributed by atoms with Crippen LogP contribution in [0.3, 0.4) is 0 Å². The van der Waals surface area contributed by atoms with Gasteiger partial charge in [0.25, 0.3) is 0 Å². The molecule has 0 N–H and O–H groups in total. The average molecular weight is 270 g/mol. The van der Waals surface area contributed by atoms with E-state index in [1.54, 1.807) is 0 Å². The van der Waals surface area contributed by atoms with Gasteiger partial charge in [-0.3, -0.25) is 4.79 Å². The molecule has 0 aromatic heterocycles. The van der Waals surface area contributed by atoms with Crippen molar-refractivity contribution in [1.29, 1.82) is 0 Å². The normalized spacial score (nSPS) is 50.2. The molecule has 4 aliphatic rings. The maximum Gasteiger partial charge on any atom is 0.155 e. The van der Waals surface area contributed by atoms with E-state index in [4.69, 9.17) is 0 Å². The summed E-state index contributed by atoms with van der Waals surface area (Å²) in [6.45, 7) is 4.98. The largest absolute Gasteiger partial charge is 0.295 e. The van der Waals surface area contributed by atoms with Crippen LogP contribution < -0.4 is 0 Å². The van der Waals surface area contributed by atoms with Crippen LogP contribution in [-0.2, 0) is 4.79 Å². The van der Waals surface area contributed by atoms with Gasteiger partial charge in [-0.2, -0.15) is 0 Å². The van der Waals surface area contributed by atoms with Crippen LogP contribution in [0, 0.1) is 35.0 Å². The number of carbonyl (C=O) groups excluding carboxylic acids is 1. The molecule has 108 valence electrons. The Kier molecular flexibility index (Phi) is 2.78. The van der Waals surface area contributed by atoms with Gasteiger partial charge in [-0.1, -0.05) is 26.0 Å². The molecule has 1 heteroatoms. The van der Waals surface area contributed by atoms with E-state index in [2.05, 4.69) is 26.0 Å². The molecule has 0 aromatic rings. The highest BCUT2D eigenvalue weighted by molar-refractivity contribution is 5.91. The van der Waals surface area contributed by atoms with Crippen LogP contribution in [0.1, 0.15) is 52.4 Å². The molecule has 0 saturated heterocycles. The van der Waals surface area contributed by atoms with Gasteiger partial charge in [0.15, 0.2) is 5.78 Å². The molecule has 0 amide bonds. The molecule has 20 heavy (non-hydrogen) atoms. The number of hydrogen-bond donors (Lipinski definition) is 0. The lowest BCUT2D eigenvalue weighted by Crippen LogP contribution is -2.42. The highest BCUT2D eigenvalue weighted by atomic mass is 16.1. The van der Waals surface area contributed by atoms with E-state index in [0.29, 0.717) is 17.1 Å². The van der Waals surface area contributed by atoms with Crippen molar-refractivity contribution in [2.75, 3.05) is 0 Å². The van der Waals surface area contributed by atoms with Crippen LogP contribution in [0.4, 0.5) is 0 Å². The Hall–Kier alpha value is -0.850. The summed E-state index contributed by atoms with van der Waals surface area (Å²) in [7, 11) is 0. The Balaban J connectivity index is 1.69. The van der Waals surface area contributed by atoms with Crippen LogP contribution in [-0.4, -0.2) is 5.78 Å². The molecule has 2 fully saturated rings. The molecule has 0 radical (unpaired) electrons. The molecule has 2 saturated carbocycles. The summed E-state index contributed by atoms with van der Waals surface area (Å²) in [4.78, 5) is 11.6. The van der Waals surface area contributed by atoms with Crippen LogP contribution in [0.25, 0.3) is 0 Å². The second-order valence-corrected chi connectivity index (χ2v) is 8.20. The molecule has 4 aliphatic carbocycles. The van der Waals surface area contributed by atoms with Crippen LogP contribution in [0.5, 0.6) is 0 Å². The van der Waals surface area contributed by atoms with E-state index >= 15 is 0 Å². The van der Waals surface area contributed by atoms with Crippen molar-refractivity contribution >= 4 is 5.78 Å². The molecular weight excluding hydrogens is 244 g/mol. The van der Waals surface area contributed by atoms with E-state index < -0.39 is 0 Å². The average Bonchev–Trinajstić information content (AvgIpc) is 2.72. The zero-order valence-corrected chi connectivity index (χ0v) is 12.8. The van der Waals surface area contributed by atoms with E-state index in [1.807, 2.05) is 6.08 Å². The molecule has 0 spiro atoms. The van der Waals surface area contributed by atoms with Crippen LogP contribution in [0.2, 0.25) is 0 Å². The lowest BCUT2D eigenvalue weighted by Gasteiger charge is -2.50. The topological polar surface area (TPSA) is 17.1 Å². The summed E-state index contributed by atoms with van der Waals surface area (Å²) in [6, 6.07) is 0. The van der Waals surface area contributed by atoms with Gasteiger partial charge in [0.05, 0.1) is 0 Å². The minimum atomic E-state index is 0.342. The van der Waals surface area contributed by atoms with Gasteiger partial charge in [0.2, 0.25) is 0 Å². The van der Waals surface area contributed by atoms with Gasteiger partial charge in [-0.15, -0.1) is 0 Å². The number of carbonyl (C=O) groups is 1. The first-order chi connectivity index (χ1) is 9.57. The summed E-state index contributed by atoms with van der Waals surface area (Å²) < 4.78 is 0. The third-order valence-electron chi connectivity index (χ3n) is 6.86. The Labute approximate surface area is 122 Å². The molecular formula is C19H26O. The van der Waals surface area contributed by atoms with E-state index in [9.17, 15) is 4.79 Å². The first-order valence-corrected chi connectivity index (χ1v) is 8.49. The molecule has 0 aromatic carbocycles. The van der Waals surface area contributed by atoms with Crippen molar-refractivity contribution in [3.8, 4) is 0 Å². The smallest absolute Gasteiger partial charge is 0.155 e. The first kappa shape index (κ1) is 12.9. The number of ketones is 1. The molecule has 0 bridgehead atoms. The fourth-order valence-electron chi connectivity index (χ4n) is 6.08. The van der Waals surface area contributed by atoms with Crippen molar-refractivity contribution in [3.63, 3.8) is 0 Å². The SMILES string of the molecule is C[C@@H]1CC2C3C=CC4=CC(=O)CCC4C3CCC2(C)C1. The number of rotatable bonds is 0. The van der Waals surface area contributed by atoms with Gasteiger partial charge in [-0.25, -0.2) is 0 Å². The van der Waals surface area contributed by atoms with E-state index in [0.717, 1.165) is 36.5 Å². The standard InChI is InChI=1S/C19H26O/c1-12-9-18-17-5-3-13-10-14(20)4-6-15(13)16(17)7-8-19(18,2)11-12/h3,5,10,12,15-18H,4,6-9,11H2,1-2H3/t12-,15?,16?,17?,18?,19?/m1/s1. The summed E-state index contributed by atoms with van der Waals surface area (Å²) in [5, 5.41) is 0. The summed E-state index contributed by atoms with van der Waals surface area (Å²) in [5.74, 6) is 4.43. The van der Waals surface area contributed by atoms with Crippen molar-refractivity contribution in [3.05, 3.63) is 23.8 Å². The molecule has 1 nitrogen and oxygen atoms in total. The molecule has 5 unspecified atom stereocenters. The van der Waals surface area contributed by atoms with Crippen molar-refractivity contribution in [2.24, 2.45) is 35.0 Å². The minimum absolute atomic E-state index is 0.342. The number of allylic oxidation sites excluding steroid dienone is 4. The maximum atomic E-state index is 11.6. The van der Waals surface area contributed by atoms with Gasteiger partial charge in [0.1, 0.15) is 0 Å². The van der Waals surface area contributed by atoms with Crippen LogP contribution >= 0.6 is 0 Å². The molecule has 6 atom stereocenters. The highest BCUT2D eigenvalue weighted by Gasteiger charge is 2.52. The minimum Gasteiger partial charge on any atom is -0.295 e. The van der Waals surface area contributed by atoms with E-state index in [1.165, 1.54) is 31.3 Å². The third-order valence-corrected chi connectivity index (χ3v) is 6.86. The highest BCUT2D eigenvalue weighted by Crippen LogP contribution is 2.61. The van der Waals surface area contributed by atoms with Gasteiger partial charge >= 0.3 is 0 Å². The summed E-state index contributed by atoms with van der Waals surface area (Å²) in [5.41, 5.74) is 1.94. The summed E-state index contributed by atoms with van der Waals surface area (Å²) >= 11 is 0. The molecule has 0 aliphatic heterocycles. The van der Waals surface area contributed by atoms with Crippen molar-refractivity contribution < 1.29 is 4.79 Å². The van der Waals surface area contributed by atoms with Gasteiger partial charge < -0.3 is 0 Å². The third kappa shape index (κ3) is 1.78. The Morgan fingerprint density at radius 2 is 2.15 bits per heavy atom. The fourth-order valence-corrected chi connectivity index (χ4v) is 6.08. The zero-order chi connectivity index (χ0) is 13.9. The lowest BCUT2D eigenvalue weighted by molar-refractivity contribution is -0.115. The maximum absolute atomic E-state index is 11.6. The first-order valence-electron chi connectivity index (χ1n) is 8.49. The van der Waals surface area contributed by atoms with E-state index in [-0.39, 0.29) is 0 Å². The zero-order valence-electron chi connectivity index (χ0n) is 12.8. The number of hydrogen-bond acceptors (Lipinski definition) is 1. The second-order valence-electron chi connectivity index (χ2n) is 8.20. The second kappa shape index (κ2) is 4.32. The lowest BCUT2D eigenvalue weighted by atomic mass is 9.54. The van der Waals surface area contributed by atoms with Gasteiger partial charge in [-0.05, 0) is 78.8 Å². The van der Waals surface area contributed by atoms with Crippen molar-refractivity contribution in [2.45, 2.75) is 52.4 Å². The monoisotopic (exact) mass is 270 g/mol. The molecule has 4 rings (SSSR count). The summed E-state index contributed by atoms with van der Waals surface area (Å²) in [6.07, 6.45) is 14.3. The Bertz CT molecular complexity index is 500. The molecule has 0 heterocycles. The van der Waals surface area contributed by atoms with Crippen LogP contribution in [0.15, 0.2) is 23.8 Å².